The molecule has 3 rings (SSSR count). The van der Waals surface area contributed by atoms with Gasteiger partial charge in [0.15, 0.2) is 0 Å². The molecule has 0 spiro atoms. The number of anilines is 1. The van der Waals surface area contributed by atoms with Gasteiger partial charge in [0.1, 0.15) is 12.6 Å². The molecule has 0 saturated carbocycles. The Bertz CT molecular complexity index is 1350. The van der Waals surface area contributed by atoms with Gasteiger partial charge in [0.25, 0.3) is 10.0 Å². The van der Waals surface area contributed by atoms with Crippen molar-refractivity contribution in [3.63, 3.8) is 0 Å². The standard InChI is InChI=1S/C29H34BrN3O4S/c1-21(2)18-31-29(35)23(4)32(19-24-9-8-10-25(30)17-24)28(34)20-33(26-15-13-22(3)14-16-26)38(36,37)27-11-6-5-7-12-27/h5-17,21,23H,18-20H2,1-4H3,(H,31,35)/t23-/m0/s1. The molecule has 2 amide bonds. The van der Waals surface area contributed by atoms with Crippen LogP contribution >= 0.6 is 15.9 Å². The highest BCUT2D eigenvalue weighted by Crippen LogP contribution is 2.25. The lowest BCUT2D eigenvalue weighted by Gasteiger charge is -2.32. The van der Waals surface area contributed by atoms with E-state index in [1.165, 1.54) is 17.0 Å². The van der Waals surface area contributed by atoms with Crippen LogP contribution in [0.2, 0.25) is 0 Å². The van der Waals surface area contributed by atoms with Crippen LogP contribution in [0.5, 0.6) is 0 Å². The largest absolute Gasteiger partial charge is 0.354 e. The van der Waals surface area contributed by atoms with Crippen molar-refractivity contribution in [2.45, 2.75) is 45.2 Å². The number of carbonyl (C=O) groups excluding carboxylic acids is 2. The Hall–Kier alpha value is -3.17. The Morgan fingerprint density at radius 2 is 1.58 bits per heavy atom. The van der Waals surface area contributed by atoms with Crippen molar-refractivity contribution < 1.29 is 18.0 Å². The summed E-state index contributed by atoms with van der Waals surface area (Å²) < 4.78 is 29.4. The lowest BCUT2D eigenvalue weighted by molar-refractivity contribution is -0.139. The first kappa shape index (κ1) is 29.4. The highest BCUT2D eigenvalue weighted by atomic mass is 79.9. The smallest absolute Gasteiger partial charge is 0.264 e. The number of nitrogens with one attached hydrogen (secondary N) is 1. The third-order valence-electron chi connectivity index (χ3n) is 6.03. The predicted molar refractivity (Wildman–Crippen MR) is 154 cm³/mol. The minimum absolute atomic E-state index is 0.0784. The lowest BCUT2D eigenvalue weighted by Crippen LogP contribution is -2.51. The fourth-order valence-electron chi connectivity index (χ4n) is 3.83. The number of hydrogen-bond acceptors (Lipinski definition) is 4. The molecule has 0 radical (unpaired) electrons. The van der Waals surface area contributed by atoms with E-state index >= 15 is 0 Å². The zero-order valence-electron chi connectivity index (χ0n) is 22.1. The molecule has 0 bridgehead atoms. The maximum atomic E-state index is 13.9. The molecule has 0 saturated heterocycles. The normalized spacial score (nSPS) is 12.2. The van der Waals surface area contributed by atoms with E-state index in [9.17, 15) is 18.0 Å². The molecule has 0 aliphatic carbocycles. The van der Waals surface area contributed by atoms with Gasteiger partial charge in [0.2, 0.25) is 11.8 Å². The fraction of sp³-hybridized carbons (Fsp3) is 0.310. The number of halogens is 1. The van der Waals surface area contributed by atoms with E-state index in [4.69, 9.17) is 0 Å². The molecule has 38 heavy (non-hydrogen) atoms. The van der Waals surface area contributed by atoms with E-state index in [2.05, 4.69) is 21.2 Å². The van der Waals surface area contributed by atoms with Crippen molar-refractivity contribution in [3.8, 4) is 0 Å². The number of rotatable bonds is 11. The fourth-order valence-corrected chi connectivity index (χ4v) is 5.71. The monoisotopic (exact) mass is 599 g/mol. The molecule has 202 valence electrons. The van der Waals surface area contributed by atoms with Gasteiger partial charge in [0, 0.05) is 17.6 Å². The minimum atomic E-state index is -4.06. The summed E-state index contributed by atoms with van der Waals surface area (Å²) in [5, 5.41) is 2.89. The number of nitrogens with zero attached hydrogens (tertiary/aromatic N) is 2. The number of hydrogen-bond donors (Lipinski definition) is 1. The maximum Gasteiger partial charge on any atom is 0.264 e. The van der Waals surface area contributed by atoms with Crippen molar-refractivity contribution in [3.05, 3.63) is 94.5 Å². The molecular weight excluding hydrogens is 566 g/mol. The Balaban J connectivity index is 1.99. The highest BCUT2D eigenvalue weighted by Gasteiger charge is 2.32. The van der Waals surface area contributed by atoms with Gasteiger partial charge in [-0.3, -0.25) is 13.9 Å². The molecule has 0 unspecified atom stereocenters. The van der Waals surface area contributed by atoms with E-state index < -0.39 is 28.5 Å². The van der Waals surface area contributed by atoms with Crippen molar-refractivity contribution in [2.24, 2.45) is 5.92 Å². The molecule has 3 aromatic carbocycles. The van der Waals surface area contributed by atoms with Crippen LogP contribution in [-0.2, 0) is 26.2 Å². The summed E-state index contributed by atoms with van der Waals surface area (Å²) in [5.74, 6) is -0.541. The third kappa shape index (κ3) is 7.68. The Kier molecular flexibility index (Phi) is 10.1. The van der Waals surface area contributed by atoms with Crippen LogP contribution in [0.25, 0.3) is 0 Å². The summed E-state index contributed by atoms with van der Waals surface area (Å²) >= 11 is 3.45. The molecule has 1 atom stereocenters. The van der Waals surface area contributed by atoms with E-state index in [1.54, 1.807) is 49.4 Å². The van der Waals surface area contributed by atoms with Crippen molar-refractivity contribution >= 4 is 43.5 Å². The molecule has 3 aromatic rings. The molecular formula is C29H34BrN3O4S. The van der Waals surface area contributed by atoms with Gasteiger partial charge in [0.05, 0.1) is 10.6 Å². The zero-order chi connectivity index (χ0) is 27.9. The van der Waals surface area contributed by atoms with Gasteiger partial charge in [-0.2, -0.15) is 0 Å². The minimum Gasteiger partial charge on any atom is -0.354 e. The Labute approximate surface area is 234 Å². The average Bonchev–Trinajstić information content (AvgIpc) is 2.89. The first-order valence-electron chi connectivity index (χ1n) is 12.4. The van der Waals surface area contributed by atoms with Gasteiger partial charge >= 0.3 is 0 Å². The summed E-state index contributed by atoms with van der Waals surface area (Å²) in [6, 6.07) is 21.6. The molecule has 0 aliphatic rings. The second-order valence-corrected chi connectivity index (χ2v) is 12.4. The van der Waals surface area contributed by atoms with Gasteiger partial charge in [-0.15, -0.1) is 0 Å². The molecule has 1 N–H and O–H groups in total. The molecule has 0 heterocycles. The van der Waals surface area contributed by atoms with Crippen molar-refractivity contribution in [1.82, 2.24) is 10.2 Å². The molecule has 0 aromatic heterocycles. The summed E-state index contributed by atoms with van der Waals surface area (Å²) in [6.07, 6.45) is 0. The predicted octanol–water partition coefficient (Wildman–Crippen LogP) is 5.14. The third-order valence-corrected chi connectivity index (χ3v) is 8.31. The molecule has 0 fully saturated rings. The van der Waals surface area contributed by atoms with E-state index in [1.807, 2.05) is 45.0 Å². The number of amides is 2. The van der Waals surface area contributed by atoms with Crippen LogP contribution in [0.4, 0.5) is 5.69 Å². The van der Waals surface area contributed by atoms with Crippen LogP contribution in [0.1, 0.15) is 31.9 Å². The quantitative estimate of drug-likeness (QED) is 0.330. The van der Waals surface area contributed by atoms with Crippen LogP contribution in [0.3, 0.4) is 0 Å². The second kappa shape index (κ2) is 13.1. The lowest BCUT2D eigenvalue weighted by atomic mass is 10.1. The zero-order valence-corrected chi connectivity index (χ0v) is 24.5. The molecule has 9 heteroatoms. The van der Waals surface area contributed by atoms with Gasteiger partial charge in [-0.05, 0) is 61.7 Å². The van der Waals surface area contributed by atoms with Crippen LogP contribution in [-0.4, -0.2) is 44.3 Å². The van der Waals surface area contributed by atoms with Crippen LogP contribution < -0.4 is 9.62 Å². The SMILES string of the molecule is Cc1ccc(N(CC(=O)N(Cc2cccc(Br)c2)[C@@H](C)C(=O)NCC(C)C)S(=O)(=O)c2ccccc2)cc1. The summed E-state index contributed by atoms with van der Waals surface area (Å²) in [6.45, 7) is 7.69. The maximum absolute atomic E-state index is 13.9. The van der Waals surface area contributed by atoms with E-state index in [-0.39, 0.29) is 23.3 Å². The van der Waals surface area contributed by atoms with Crippen molar-refractivity contribution in [1.29, 1.82) is 0 Å². The summed E-state index contributed by atoms with van der Waals surface area (Å²) in [7, 11) is -4.06. The van der Waals surface area contributed by atoms with Gasteiger partial charge in [-0.1, -0.05) is 77.8 Å². The van der Waals surface area contributed by atoms with Crippen LogP contribution in [0.15, 0.2) is 88.2 Å². The average molecular weight is 601 g/mol. The first-order chi connectivity index (χ1) is 18.0. The highest BCUT2D eigenvalue weighted by molar-refractivity contribution is 9.10. The van der Waals surface area contributed by atoms with E-state index in [0.717, 1.165) is 19.9 Å². The van der Waals surface area contributed by atoms with Crippen LogP contribution in [0, 0.1) is 12.8 Å². The molecule has 0 aliphatic heterocycles. The number of aryl methyl sites for hydroxylation is 1. The first-order valence-corrected chi connectivity index (χ1v) is 14.7. The molecule has 7 nitrogen and oxygen atoms in total. The summed E-state index contributed by atoms with van der Waals surface area (Å²) in [4.78, 5) is 28.4. The number of sulfonamides is 1. The van der Waals surface area contributed by atoms with Gasteiger partial charge < -0.3 is 10.2 Å². The summed E-state index contributed by atoms with van der Waals surface area (Å²) in [5.41, 5.74) is 2.14. The number of benzene rings is 3. The Morgan fingerprint density at radius 1 is 0.921 bits per heavy atom. The van der Waals surface area contributed by atoms with Gasteiger partial charge in [-0.25, -0.2) is 8.42 Å². The topological polar surface area (TPSA) is 86.8 Å². The Morgan fingerprint density at radius 3 is 2.18 bits per heavy atom. The number of carbonyl (C=O) groups is 2. The van der Waals surface area contributed by atoms with E-state index in [0.29, 0.717) is 12.2 Å². The van der Waals surface area contributed by atoms with Crippen molar-refractivity contribution in [2.75, 3.05) is 17.4 Å². The second-order valence-electron chi connectivity index (χ2n) is 9.63.